The van der Waals surface area contributed by atoms with Crippen LogP contribution in [-0.2, 0) is 4.79 Å². The first-order chi connectivity index (χ1) is 9.60. The summed E-state index contributed by atoms with van der Waals surface area (Å²) >= 11 is 0. The number of benzene rings is 1. The van der Waals surface area contributed by atoms with Gasteiger partial charge in [-0.1, -0.05) is 6.07 Å². The topological polar surface area (TPSA) is 67.6 Å². The summed E-state index contributed by atoms with van der Waals surface area (Å²) in [7, 11) is 1.67. The van der Waals surface area contributed by atoms with E-state index in [1.54, 1.807) is 14.0 Å². The summed E-state index contributed by atoms with van der Waals surface area (Å²) in [5.41, 5.74) is 6.72. The van der Waals surface area contributed by atoms with Gasteiger partial charge in [0.1, 0.15) is 5.75 Å². The zero-order valence-corrected chi connectivity index (χ0v) is 14.6. The Balaban J connectivity index is 0.00000220. The van der Waals surface area contributed by atoms with Crippen LogP contribution in [0.2, 0.25) is 0 Å². The third kappa shape index (κ3) is 5.55. The van der Waals surface area contributed by atoms with Crippen LogP contribution in [0, 0.1) is 0 Å². The quantitative estimate of drug-likeness (QED) is 0.871. The molecule has 0 spiro atoms. The van der Waals surface area contributed by atoms with E-state index in [1.807, 2.05) is 18.2 Å². The normalized spacial score (nSPS) is 18.5. The summed E-state index contributed by atoms with van der Waals surface area (Å²) in [5.74, 6) is 0.770. The van der Waals surface area contributed by atoms with E-state index in [1.165, 1.54) is 0 Å². The summed E-state index contributed by atoms with van der Waals surface area (Å²) in [6.45, 7) is 3.52. The number of carbonyl (C=O) groups is 1. The highest BCUT2D eigenvalue weighted by molar-refractivity contribution is 5.85. The van der Waals surface area contributed by atoms with Crippen molar-refractivity contribution in [2.24, 2.45) is 5.73 Å². The van der Waals surface area contributed by atoms with Crippen LogP contribution in [0.25, 0.3) is 0 Å². The molecule has 1 heterocycles. The molecule has 0 radical (unpaired) electrons. The molecule has 1 aromatic carbocycles. The number of rotatable bonds is 4. The summed E-state index contributed by atoms with van der Waals surface area (Å²) in [6.07, 6.45) is 2.06. The lowest BCUT2D eigenvalue weighted by Crippen LogP contribution is -2.51. The van der Waals surface area contributed by atoms with Gasteiger partial charge >= 0.3 is 0 Å². The molecule has 2 atom stereocenters. The van der Waals surface area contributed by atoms with Crippen LogP contribution in [0.3, 0.4) is 0 Å². The van der Waals surface area contributed by atoms with Crippen LogP contribution < -0.4 is 20.7 Å². The number of nitrogens with zero attached hydrogens (tertiary/aromatic N) is 1. The summed E-state index contributed by atoms with van der Waals surface area (Å²) in [5, 5.41) is 3.01. The lowest BCUT2D eigenvalue weighted by atomic mass is 10.0. The highest BCUT2D eigenvalue weighted by Gasteiger charge is 2.22. The van der Waals surface area contributed by atoms with Gasteiger partial charge in [-0.15, -0.1) is 24.8 Å². The van der Waals surface area contributed by atoms with Gasteiger partial charge in [-0.3, -0.25) is 4.79 Å². The SMILES string of the molecule is COc1cccc(N2CCCC(NC(=O)[C@@H](C)N)C2)c1.Cl.Cl. The Labute approximate surface area is 144 Å². The van der Waals surface area contributed by atoms with Gasteiger partial charge in [0.05, 0.1) is 13.2 Å². The molecule has 0 bridgehead atoms. The number of piperidine rings is 1. The third-order valence-electron chi connectivity index (χ3n) is 3.60. The first kappa shape index (κ1) is 20.8. The minimum Gasteiger partial charge on any atom is -0.497 e. The van der Waals surface area contributed by atoms with E-state index < -0.39 is 6.04 Å². The highest BCUT2D eigenvalue weighted by Crippen LogP contribution is 2.24. The zero-order chi connectivity index (χ0) is 14.5. The van der Waals surface area contributed by atoms with Crippen molar-refractivity contribution in [2.45, 2.75) is 31.8 Å². The Morgan fingerprint density at radius 2 is 2.18 bits per heavy atom. The molecule has 1 saturated heterocycles. The van der Waals surface area contributed by atoms with Crippen LogP contribution in [0.1, 0.15) is 19.8 Å². The number of hydrogen-bond donors (Lipinski definition) is 2. The van der Waals surface area contributed by atoms with Crippen molar-refractivity contribution in [3.63, 3.8) is 0 Å². The maximum atomic E-state index is 11.7. The molecule has 1 unspecified atom stereocenters. The first-order valence-corrected chi connectivity index (χ1v) is 7.05. The highest BCUT2D eigenvalue weighted by atomic mass is 35.5. The van der Waals surface area contributed by atoms with Crippen LogP contribution in [0.4, 0.5) is 5.69 Å². The number of halogens is 2. The average molecular weight is 350 g/mol. The van der Waals surface area contributed by atoms with Crippen molar-refractivity contribution >= 4 is 36.4 Å². The standard InChI is InChI=1S/C15H23N3O2.2ClH/c1-11(16)15(19)17-12-5-4-8-18(10-12)13-6-3-7-14(9-13)20-2;;/h3,6-7,9,11-12H,4-5,8,10,16H2,1-2H3,(H,17,19);2*1H/t11-,12?;;/m1../s1. The van der Waals surface area contributed by atoms with Gasteiger partial charge in [0, 0.05) is 30.9 Å². The van der Waals surface area contributed by atoms with Crippen molar-refractivity contribution in [3.05, 3.63) is 24.3 Å². The Morgan fingerprint density at radius 1 is 1.45 bits per heavy atom. The maximum Gasteiger partial charge on any atom is 0.236 e. The molecule has 7 heteroatoms. The molecule has 1 aromatic rings. The minimum atomic E-state index is -0.456. The molecule has 1 aliphatic rings. The van der Waals surface area contributed by atoms with Crippen molar-refractivity contribution in [1.29, 1.82) is 0 Å². The minimum absolute atomic E-state index is 0. The molecule has 22 heavy (non-hydrogen) atoms. The largest absolute Gasteiger partial charge is 0.497 e. The molecular weight excluding hydrogens is 325 g/mol. The molecule has 0 saturated carbocycles. The summed E-state index contributed by atoms with van der Waals surface area (Å²) < 4.78 is 5.26. The number of nitrogens with one attached hydrogen (secondary N) is 1. The number of anilines is 1. The number of amides is 1. The van der Waals surface area contributed by atoms with E-state index >= 15 is 0 Å². The van der Waals surface area contributed by atoms with Gasteiger partial charge in [-0.05, 0) is 31.9 Å². The molecule has 3 N–H and O–H groups in total. The molecule has 126 valence electrons. The third-order valence-corrected chi connectivity index (χ3v) is 3.60. The van der Waals surface area contributed by atoms with Crippen molar-refractivity contribution in [3.8, 4) is 5.75 Å². The number of carbonyl (C=O) groups excluding carboxylic acids is 1. The van der Waals surface area contributed by atoms with Crippen LogP contribution in [0.5, 0.6) is 5.75 Å². The van der Waals surface area contributed by atoms with Gasteiger partial charge in [0.25, 0.3) is 0 Å². The lowest BCUT2D eigenvalue weighted by Gasteiger charge is -2.35. The van der Waals surface area contributed by atoms with E-state index in [0.717, 1.165) is 37.4 Å². The van der Waals surface area contributed by atoms with Gasteiger partial charge in [-0.25, -0.2) is 0 Å². The molecule has 0 aliphatic carbocycles. The second kappa shape index (κ2) is 9.77. The second-order valence-corrected chi connectivity index (χ2v) is 5.28. The molecule has 5 nitrogen and oxygen atoms in total. The Kier molecular flexibility index (Phi) is 9.25. The lowest BCUT2D eigenvalue weighted by molar-refractivity contribution is -0.122. The molecule has 0 aromatic heterocycles. The van der Waals surface area contributed by atoms with E-state index in [-0.39, 0.29) is 36.8 Å². The molecule has 1 amide bonds. The van der Waals surface area contributed by atoms with E-state index in [2.05, 4.69) is 16.3 Å². The van der Waals surface area contributed by atoms with Crippen LogP contribution >= 0.6 is 24.8 Å². The first-order valence-electron chi connectivity index (χ1n) is 7.05. The molecule has 1 aliphatic heterocycles. The summed E-state index contributed by atoms with van der Waals surface area (Å²) in [6, 6.07) is 7.71. The predicted octanol–water partition coefficient (Wildman–Crippen LogP) is 1.97. The zero-order valence-electron chi connectivity index (χ0n) is 13.0. The van der Waals surface area contributed by atoms with Gasteiger partial charge in [0.2, 0.25) is 5.91 Å². The fraction of sp³-hybridized carbons (Fsp3) is 0.533. The predicted molar refractivity (Wildman–Crippen MR) is 94.5 cm³/mol. The fourth-order valence-corrected chi connectivity index (χ4v) is 2.47. The Bertz CT molecular complexity index is 472. The van der Waals surface area contributed by atoms with Gasteiger partial charge < -0.3 is 20.7 Å². The van der Waals surface area contributed by atoms with Gasteiger partial charge in [-0.2, -0.15) is 0 Å². The van der Waals surface area contributed by atoms with E-state index in [0.29, 0.717) is 0 Å². The Hall–Kier alpha value is -1.17. The number of hydrogen-bond acceptors (Lipinski definition) is 4. The Morgan fingerprint density at radius 3 is 2.82 bits per heavy atom. The average Bonchev–Trinajstić information content (AvgIpc) is 2.47. The molecular formula is C15H25Cl2N3O2. The monoisotopic (exact) mass is 349 g/mol. The van der Waals surface area contributed by atoms with Crippen molar-refractivity contribution in [2.75, 3.05) is 25.1 Å². The van der Waals surface area contributed by atoms with Crippen LogP contribution in [-0.4, -0.2) is 38.2 Å². The molecule has 2 rings (SSSR count). The summed E-state index contributed by atoms with van der Waals surface area (Å²) in [4.78, 5) is 14.0. The number of ether oxygens (including phenoxy) is 1. The van der Waals surface area contributed by atoms with Crippen molar-refractivity contribution < 1.29 is 9.53 Å². The molecule has 1 fully saturated rings. The number of methoxy groups -OCH3 is 1. The second-order valence-electron chi connectivity index (χ2n) is 5.28. The number of nitrogens with two attached hydrogens (primary N) is 1. The fourth-order valence-electron chi connectivity index (χ4n) is 2.47. The van der Waals surface area contributed by atoms with E-state index in [4.69, 9.17) is 10.5 Å². The van der Waals surface area contributed by atoms with Gasteiger partial charge in [0.15, 0.2) is 0 Å². The van der Waals surface area contributed by atoms with Crippen LogP contribution in [0.15, 0.2) is 24.3 Å². The smallest absolute Gasteiger partial charge is 0.236 e. The van der Waals surface area contributed by atoms with Crippen molar-refractivity contribution in [1.82, 2.24) is 5.32 Å². The maximum absolute atomic E-state index is 11.7. The van der Waals surface area contributed by atoms with E-state index in [9.17, 15) is 4.79 Å².